The number of nitrogens with one attached hydrogen (secondary N) is 1. The molecule has 4 heterocycles. The lowest BCUT2D eigenvalue weighted by atomic mass is 10.3. The summed E-state index contributed by atoms with van der Waals surface area (Å²) in [7, 11) is 0. The largest absolute Gasteiger partial charge is 0.388 e. The second-order valence-corrected chi connectivity index (χ2v) is 7.87. The number of pyridine rings is 1. The van der Waals surface area contributed by atoms with Gasteiger partial charge in [-0.1, -0.05) is 22.6 Å². The van der Waals surface area contributed by atoms with E-state index in [0.717, 1.165) is 5.52 Å². The number of imidazole rings is 1. The maximum atomic E-state index is 12.7. The maximum Gasteiger partial charge on any atom is 0.333 e. The third kappa shape index (κ3) is 3.89. The predicted molar refractivity (Wildman–Crippen MR) is 110 cm³/mol. The van der Waals surface area contributed by atoms with Crippen molar-refractivity contribution in [3.05, 3.63) is 42.7 Å². The SMILES string of the molecule is CC(I)n1c(CO)nc2cnc(Nc3ccnc(-c4cnn(C(F)F)c4)n3)cc21. The third-order valence-corrected chi connectivity index (χ3v) is 4.67. The van der Waals surface area contributed by atoms with Gasteiger partial charge in [0, 0.05) is 18.5 Å². The summed E-state index contributed by atoms with van der Waals surface area (Å²) in [5.41, 5.74) is 1.87. The number of aromatic nitrogens is 7. The van der Waals surface area contributed by atoms with E-state index >= 15 is 0 Å². The minimum atomic E-state index is -2.73. The Morgan fingerprint density at radius 1 is 1.21 bits per heavy atom. The highest BCUT2D eigenvalue weighted by molar-refractivity contribution is 14.1. The monoisotopic (exact) mass is 512 g/mol. The Labute approximate surface area is 177 Å². The Morgan fingerprint density at radius 3 is 2.72 bits per heavy atom. The minimum absolute atomic E-state index is 0.0759. The van der Waals surface area contributed by atoms with Gasteiger partial charge in [0.1, 0.15) is 29.6 Å². The van der Waals surface area contributed by atoms with E-state index in [1.165, 1.54) is 18.6 Å². The van der Waals surface area contributed by atoms with Crippen LogP contribution >= 0.6 is 22.6 Å². The second-order valence-electron chi connectivity index (χ2n) is 6.07. The quantitative estimate of drug-likeness (QED) is 0.300. The van der Waals surface area contributed by atoms with Crippen molar-refractivity contribution in [1.29, 1.82) is 0 Å². The zero-order chi connectivity index (χ0) is 20.5. The number of aliphatic hydroxyl groups excluding tert-OH is 1. The molecular weight excluding hydrogens is 497 g/mol. The van der Waals surface area contributed by atoms with Gasteiger partial charge in [0.05, 0.1) is 27.5 Å². The molecule has 0 aliphatic rings. The lowest BCUT2D eigenvalue weighted by Crippen LogP contribution is -2.04. The van der Waals surface area contributed by atoms with Gasteiger partial charge in [0.25, 0.3) is 0 Å². The summed E-state index contributed by atoms with van der Waals surface area (Å²) < 4.78 is 28.0. The van der Waals surface area contributed by atoms with Crippen LogP contribution in [0.25, 0.3) is 22.4 Å². The molecule has 1 atom stereocenters. The summed E-state index contributed by atoms with van der Waals surface area (Å²) in [4.78, 5) is 17.2. The van der Waals surface area contributed by atoms with Crippen molar-refractivity contribution >= 4 is 45.3 Å². The van der Waals surface area contributed by atoms with Crippen LogP contribution in [0.2, 0.25) is 0 Å². The van der Waals surface area contributed by atoms with E-state index in [1.807, 2.05) is 17.6 Å². The molecule has 0 spiro atoms. The van der Waals surface area contributed by atoms with Gasteiger partial charge in [-0.25, -0.2) is 24.6 Å². The van der Waals surface area contributed by atoms with E-state index in [2.05, 4.69) is 52.9 Å². The first-order chi connectivity index (χ1) is 14.0. The fraction of sp³-hybridized carbons (Fsp3) is 0.235. The van der Waals surface area contributed by atoms with Crippen molar-refractivity contribution in [2.75, 3.05) is 5.32 Å². The average molecular weight is 512 g/mol. The Kier molecular flexibility index (Phi) is 5.36. The lowest BCUT2D eigenvalue weighted by molar-refractivity contribution is 0.0566. The molecular formula is C17H15F2IN8O. The Morgan fingerprint density at radius 2 is 2.03 bits per heavy atom. The van der Waals surface area contributed by atoms with Crippen LogP contribution in [-0.4, -0.2) is 39.4 Å². The summed E-state index contributed by atoms with van der Waals surface area (Å²) in [5, 5.41) is 16.2. The van der Waals surface area contributed by atoms with Crippen molar-refractivity contribution in [2.45, 2.75) is 24.1 Å². The summed E-state index contributed by atoms with van der Waals surface area (Å²) in [6, 6.07) is 3.46. The number of rotatable bonds is 6. The van der Waals surface area contributed by atoms with Crippen molar-refractivity contribution < 1.29 is 13.9 Å². The van der Waals surface area contributed by atoms with Crippen molar-refractivity contribution in [2.24, 2.45) is 0 Å². The van der Waals surface area contributed by atoms with E-state index in [-0.39, 0.29) is 16.5 Å². The zero-order valence-electron chi connectivity index (χ0n) is 15.0. The molecule has 0 radical (unpaired) electrons. The van der Waals surface area contributed by atoms with Gasteiger partial charge >= 0.3 is 6.55 Å². The Hall–Kier alpha value is -2.74. The van der Waals surface area contributed by atoms with Gasteiger partial charge in [0.15, 0.2) is 5.82 Å². The fourth-order valence-corrected chi connectivity index (χ4v) is 3.51. The number of fused-ring (bicyclic) bond motifs is 1. The standard InChI is InChI=1S/C17H15F2IN8O/c1-9(20)28-12-4-14(22-6-11(12)24-15(28)8-29)25-13-2-3-21-16(26-13)10-5-23-27(7-10)17(18)19/h2-7,9,17,29H,8H2,1H3,(H,21,22,25,26). The summed E-state index contributed by atoms with van der Waals surface area (Å²) >= 11 is 2.24. The molecule has 4 aromatic rings. The molecule has 0 aliphatic carbocycles. The summed E-state index contributed by atoms with van der Waals surface area (Å²) in [5.74, 6) is 1.79. The van der Waals surface area contributed by atoms with E-state index in [0.29, 0.717) is 33.2 Å². The molecule has 0 amide bonds. The first-order valence-electron chi connectivity index (χ1n) is 8.51. The highest BCUT2D eigenvalue weighted by atomic mass is 127. The molecule has 2 N–H and O–H groups in total. The van der Waals surface area contributed by atoms with Crippen LogP contribution in [0.5, 0.6) is 0 Å². The van der Waals surface area contributed by atoms with Crippen molar-refractivity contribution in [3.63, 3.8) is 0 Å². The molecule has 0 saturated carbocycles. The molecule has 4 rings (SSSR count). The third-order valence-electron chi connectivity index (χ3n) is 4.12. The van der Waals surface area contributed by atoms with E-state index < -0.39 is 6.55 Å². The number of hydrogen-bond donors (Lipinski definition) is 2. The molecule has 0 aliphatic heterocycles. The van der Waals surface area contributed by atoms with Gasteiger partial charge in [-0.3, -0.25) is 0 Å². The molecule has 0 bridgehead atoms. The molecule has 0 aromatic carbocycles. The first-order valence-corrected chi connectivity index (χ1v) is 9.75. The average Bonchev–Trinajstić information content (AvgIpc) is 3.33. The topological polar surface area (TPSA) is 107 Å². The van der Waals surface area contributed by atoms with Crippen LogP contribution in [0.3, 0.4) is 0 Å². The smallest absolute Gasteiger partial charge is 0.333 e. The predicted octanol–water partition coefficient (Wildman–Crippen LogP) is 3.67. The number of hydrogen-bond acceptors (Lipinski definition) is 7. The van der Waals surface area contributed by atoms with Crippen molar-refractivity contribution in [3.8, 4) is 11.4 Å². The van der Waals surface area contributed by atoms with Gasteiger partial charge in [0.2, 0.25) is 0 Å². The molecule has 0 fully saturated rings. The number of halogens is 3. The van der Waals surface area contributed by atoms with Gasteiger partial charge in [-0.2, -0.15) is 13.9 Å². The number of aliphatic hydroxyl groups is 1. The van der Waals surface area contributed by atoms with Crippen LogP contribution < -0.4 is 5.32 Å². The van der Waals surface area contributed by atoms with Crippen molar-refractivity contribution in [1.82, 2.24) is 34.3 Å². The normalized spacial score (nSPS) is 12.6. The maximum absolute atomic E-state index is 12.7. The number of nitrogens with zero attached hydrogens (tertiary/aromatic N) is 7. The highest BCUT2D eigenvalue weighted by Gasteiger charge is 2.15. The van der Waals surface area contributed by atoms with E-state index in [1.54, 1.807) is 12.3 Å². The zero-order valence-corrected chi connectivity index (χ0v) is 17.2. The number of alkyl halides is 3. The minimum Gasteiger partial charge on any atom is -0.388 e. The van der Waals surface area contributed by atoms with Gasteiger partial charge in [-0.05, 0) is 13.0 Å². The van der Waals surface area contributed by atoms with Gasteiger partial charge in [-0.15, -0.1) is 0 Å². The lowest BCUT2D eigenvalue weighted by Gasteiger charge is -2.11. The highest BCUT2D eigenvalue weighted by Crippen LogP contribution is 2.27. The Balaban J connectivity index is 1.65. The molecule has 29 heavy (non-hydrogen) atoms. The van der Waals surface area contributed by atoms with Crippen LogP contribution in [-0.2, 0) is 6.61 Å². The second kappa shape index (κ2) is 7.94. The van der Waals surface area contributed by atoms with Crippen LogP contribution in [0.15, 0.2) is 36.9 Å². The first kappa shape index (κ1) is 19.6. The fourth-order valence-electron chi connectivity index (χ4n) is 2.88. The molecule has 9 nitrogen and oxygen atoms in total. The molecule has 0 saturated heterocycles. The molecule has 12 heteroatoms. The van der Waals surface area contributed by atoms with Crippen LogP contribution in [0.4, 0.5) is 20.4 Å². The van der Waals surface area contributed by atoms with Crippen LogP contribution in [0.1, 0.15) is 23.3 Å². The molecule has 4 aromatic heterocycles. The van der Waals surface area contributed by atoms with Crippen LogP contribution in [0, 0.1) is 0 Å². The van der Waals surface area contributed by atoms with E-state index in [9.17, 15) is 13.9 Å². The number of anilines is 2. The Bertz CT molecular complexity index is 1160. The van der Waals surface area contributed by atoms with E-state index in [4.69, 9.17) is 0 Å². The summed E-state index contributed by atoms with van der Waals surface area (Å²) in [6.07, 6.45) is 5.60. The molecule has 1 unspecified atom stereocenters. The summed E-state index contributed by atoms with van der Waals surface area (Å²) in [6.45, 7) is -0.910. The van der Waals surface area contributed by atoms with Gasteiger partial charge < -0.3 is 15.0 Å². The molecule has 150 valence electrons.